The Hall–Kier alpha value is -1.02. The molecule has 1 N–H and O–H groups in total. The van der Waals surface area contributed by atoms with Crippen molar-refractivity contribution in [2.45, 2.75) is 46.6 Å². The van der Waals surface area contributed by atoms with Gasteiger partial charge in [-0.1, -0.05) is 32.4 Å². The highest BCUT2D eigenvalue weighted by molar-refractivity contribution is 5.47. The summed E-state index contributed by atoms with van der Waals surface area (Å²) in [6.45, 7) is 11.0. The zero-order valence-electron chi connectivity index (χ0n) is 12.2. The van der Waals surface area contributed by atoms with E-state index in [4.69, 9.17) is 0 Å². The van der Waals surface area contributed by atoms with Crippen molar-refractivity contribution in [1.82, 2.24) is 5.32 Å². The van der Waals surface area contributed by atoms with Crippen LogP contribution in [-0.2, 0) is 6.54 Å². The van der Waals surface area contributed by atoms with Gasteiger partial charge in [-0.15, -0.1) is 0 Å². The Labute approximate surface area is 112 Å². The SMILES string of the molecule is CCCCN(CC)c1ccc(CNCCC)cc1. The van der Waals surface area contributed by atoms with E-state index in [1.807, 2.05) is 0 Å². The number of hydrogen-bond acceptors (Lipinski definition) is 2. The van der Waals surface area contributed by atoms with Gasteiger partial charge in [-0.3, -0.25) is 0 Å². The Morgan fingerprint density at radius 1 is 1.00 bits per heavy atom. The Morgan fingerprint density at radius 3 is 2.28 bits per heavy atom. The van der Waals surface area contributed by atoms with Crippen LogP contribution >= 0.6 is 0 Å². The Morgan fingerprint density at radius 2 is 1.72 bits per heavy atom. The lowest BCUT2D eigenvalue weighted by atomic mass is 10.2. The maximum atomic E-state index is 3.43. The van der Waals surface area contributed by atoms with Crippen LogP contribution in [0.1, 0.15) is 45.6 Å². The van der Waals surface area contributed by atoms with E-state index in [-0.39, 0.29) is 0 Å². The van der Waals surface area contributed by atoms with E-state index < -0.39 is 0 Å². The second-order valence-corrected chi connectivity index (χ2v) is 4.78. The second kappa shape index (κ2) is 8.98. The maximum Gasteiger partial charge on any atom is 0.0366 e. The fourth-order valence-electron chi connectivity index (χ4n) is 2.05. The molecule has 1 rings (SSSR count). The topological polar surface area (TPSA) is 15.3 Å². The fraction of sp³-hybridized carbons (Fsp3) is 0.625. The van der Waals surface area contributed by atoms with E-state index >= 15 is 0 Å². The standard InChI is InChI=1S/C16H28N2/c1-4-7-13-18(6-3)16-10-8-15(9-11-16)14-17-12-5-2/h8-11,17H,4-7,12-14H2,1-3H3. The van der Waals surface area contributed by atoms with E-state index in [0.29, 0.717) is 0 Å². The van der Waals surface area contributed by atoms with E-state index in [1.54, 1.807) is 0 Å². The zero-order valence-corrected chi connectivity index (χ0v) is 12.2. The number of anilines is 1. The summed E-state index contributed by atoms with van der Waals surface area (Å²) < 4.78 is 0. The Bertz CT molecular complexity index is 305. The van der Waals surface area contributed by atoms with Gasteiger partial charge in [0, 0.05) is 25.3 Å². The lowest BCUT2D eigenvalue weighted by Crippen LogP contribution is -2.23. The predicted octanol–water partition coefficient (Wildman–Crippen LogP) is 3.81. The molecule has 0 amide bonds. The molecule has 0 aromatic heterocycles. The van der Waals surface area contributed by atoms with Gasteiger partial charge in [-0.25, -0.2) is 0 Å². The number of unbranched alkanes of at least 4 members (excludes halogenated alkanes) is 1. The predicted molar refractivity (Wildman–Crippen MR) is 81.2 cm³/mol. The van der Waals surface area contributed by atoms with Gasteiger partial charge in [0.2, 0.25) is 0 Å². The Kier molecular flexibility index (Phi) is 7.51. The molecule has 2 nitrogen and oxygen atoms in total. The molecule has 0 heterocycles. The summed E-state index contributed by atoms with van der Waals surface area (Å²) in [5, 5.41) is 3.43. The van der Waals surface area contributed by atoms with E-state index in [1.165, 1.54) is 37.1 Å². The summed E-state index contributed by atoms with van der Waals surface area (Å²) in [5.41, 5.74) is 2.73. The summed E-state index contributed by atoms with van der Waals surface area (Å²) in [5.74, 6) is 0. The largest absolute Gasteiger partial charge is 0.372 e. The van der Waals surface area contributed by atoms with Crippen LogP contribution in [0, 0.1) is 0 Å². The van der Waals surface area contributed by atoms with Gasteiger partial charge in [-0.2, -0.15) is 0 Å². The molecule has 1 aromatic rings. The molecule has 0 atom stereocenters. The third-order valence-electron chi connectivity index (χ3n) is 3.22. The van der Waals surface area contributed by atoms with Crippen LogP contribution in [0.15, 0.2) is 24.3 Å². The molecule has 0 fully saturated rings. The molecule has 1 aromatic carbocycles. The number of nitrogens with zero attached hydrogens (tertiary/aromatic N) is 1. The van der Waals surface area contributed by atoms with Gasteiger partial charge in [0.25, 0.3) is 0 Å². The molecule has 0 saturated heterocycles. The summed E-state index contributed by atoms with van der Waals surface area (Å²) in [7, 11) is 0. The van der Waals surface area contributed by atoms with Crippen LogP contribution in [0.25, 0.3) is 0 Å². The average Bonchev–Trinajstić information content (AvgIpc) is 2.41. The van der Waals surface area contributed by atoms with Crippen LogP contribution in [0.3, 0.4) is 0 Å². The van der Waals surface area contributed by atoms with Crippen molar-refractivity contribution in [3.63, 3.8) is 0 Å². The summed E-state index contributed by atoms with van der Waals surface area (Å²) in [4.78, 5) is 2.45. The minimum absolute atomic E-state index is 0.981. The quantitative estimate of drug-likeness (QED) is 0.668. The smallest absolute Gasteiger partial charge is 0.0366 e. The number of benzene rings is 1. The highest BCUT2D eigenvalue weighted by Crippen LogP contribution is 2.15. The van der Waals surface area contributed by atoms with Gasteiger partial charge < -0.3 is 10.2 Å². The van der Waals surface area contributed by atoms with Crippen molar-refractivity contribution in [3.8, 4) is 0 Å². The first-order chi connectivity index (χ1) is 8.81. The van der Waals surface area contributed by atoms with Crippen molar-refractivity contribution < 1.29 is 0 Å². The van der Waals surface area contributed by atoms with Crippen molar-refractivity contribution >= 4 is 5.69 Å². The normalized spacial score (nSPS) is 10.6. The van der Waals surface area contributed by atoms with E-state index in [9.17, 15) is 0 Å². The van der Waals surface area contributed by atoms with Gasteiger partial charge in [0.1, 0.15) is 0 Å². The summed E-state index contributed by atoms with van der Waals surface area (Å²) in [6, 6.07) is 8.99. The minimum Gasteiger partial charge on any atom is -0.372 e. The first kappa shape index (κ1) is 15.0. The van der Waals surface area contributed by atoms with Gasteiger partial charge in [-0.05, 0) is 44.0 Å². The number of hydrogen-bond donors (Lipinski definition) is 1. The van der Waals surface area contributed by atoms with Crippen LogP contribution in [0.2, 0.25) is 0 Å². The third kappa shape index (κ3) is 5.09. The molecule has 2 heteroatoms. The van der Waals surface area contributed by atoms with Gasteiger partial charge >= 0.3 is 0 Å². The first-order valence-corrected chi connectivity index (χ1v) is 7.36. The summed E-state index contributed by atoms with van der Waals surface area (Å²) >= 11 is 0. The van der Waals surface area contributed by atoms with Gasteiger partial charge in [0.05, 0.1) is 0 Å². The molecule has 0 aliphatic heterocycles. The third-order valence-corrected chi connectivity index (χ3v) is 3.22. The van der Waals surface area contributed by atoms with Crippen molar-refractivity contribution in [2.24, 2.45) is 0 Å². The molecule has 102 valence electrons. The molecule has 18 heavy (non-hydrogen) atoms. The molecular weight excluding hydrogens is 220 g/mol. The molecule has 0 radical (unpaired) electrons. The average molecular weight is 248 g/mol. The van der Waals surface area contributed by atoms with Crippen molar-refractivity contribution in [2.75, 3.05) is 24.5 Å². The number of rotatable bonds is 9. The molecule has 0 aliphatic carbocycles. The molecular formula is C16H28N2. The monoisotopic (exact) mass is 248 g/mol. The Balaban J connectivity index is 2.51. The zero-order chi connectivity index (χ0) is 13.2. The summed E-state index contributed by atoms with van der Waals surface area (Å²) in [6.07, 6.45) is 3.72. The molecule has 0 spiro atoms. The highest BCUT2D eigenvalue weighted by Gasteiger charge is 2.03. The van der Waals surface area contributed by atoms with Crippen LogP contribution < -0.4 is 10.2 Å². The molecule has 0 aliphatic rings. The van der Waals surface area contributed by atoms with Crippen LogP contribution in [0.5, 0.6) is 0 Å². The number of nitrogens with one attached hydrogen (secondary N) is 1. The molecule has 0 saturated carbocycles. The fourth-order valence-corrected chi connectivity index (χ4v) is 2.05. The van der Waals surface area contributed by atoms with Crippen molar-refractivity contribution in [1.29, 1.82) is 0 Å². The second-order valence-electron chi connectivity index (χ2n) is 4.78. The van der Waals surface area contributed by atoms with Crippen LogP contribution in [0.4, 0.5) is 5.69 Å². The van der Waals surface area contributed by atoms with Crippen molar-refractivity contribution in [3.05, 3.63) is 29.8 Å². The molecule has 0 bridgehead atoms. The lowest BCUT2D eigenvalue weighted by Gasteiger charge is -2.23. The highest BCUT2D eigenvalue weighted by atomic mass is 15.1. The van der Waals surface area contributed by atoms with E-state index in [0.717, 1.165) is 19.6 Å². The minimum atomic E-state index is 0.981. The first-order valence-electron chi connectivity index (χ1n) is 7.36. The van der Waals surface area contributed by atoms with Gasteiger partial charge in [0.15, 0.2) is 0 Å². The molecule has 0 unspecified atom stereocenters. The maximum absolute atomic E-state index is 3.43. The lowest BCUT2D eigenvalue weighted by molar-refractivity contribution is 0.675. The van der Waals surface area contributed by atoms with E-state index in [2.05, 4.69) is 55.3 Å². The van der Waals surface area contributed by atoms with Crippen LogP contribution in [-0.4, -0.2) is 19.6 Å².